The van der Waals surface area contributed by atoms with Gasteiger partial charge in [0.15, 0.2) is 5.78 Å². The molecule has 9 atom stereocenters. The second kappa shape index (κ2) is 15.1. The lowest BCUT2D eigenvalue weighted by Crippen LogP contribution is -2.54. The summed E-state index contributed by atoms with van der Waals surface area (Å²) in [6, 6.07) is 10.9. The predicted molar refractivity (Wildman–Crippen MR) is 217 cm³/mol. The van der Waals surface area contributed by atoms with Crippen molar-refractivity contribution in [2.75, 3.05) is 30.3 Å². The molecule has 6 aliphatic rings. The zero-order valence-corrected chi connectivity index (χ0v) is 33.5. The first-order valence-corrected chi connectivity index (χ1v) is 21.6. The largest absolute Gasteiger partial charge is 0.385 e. The molecule has 0 spiro atoms. The third kappa shape index (κ3) is 6.61. The number of hydrogen-bond acceptors (Lipinski definition) is 8. The summed E-state index contributed by atoms with van der Waals surface area (Å²) in [4.78, 5) is 34.3. The SMILES string of the molecule is Cn1ncnc1[C@H]1C2=NCC(=O)c3cc(F)cc(c32)N[C@@H]1c1ccc(NCCCCCCCOC2CC[C@H]3[C@@H]4CC[C@H]5CC(=O)CC[C@]5(C)[C@H]4CC[C@]23C)cc1. The van der Waals surface area contributed by atoms with Gasteiger partial charge in [0.05, 0.1) is 23.8 Å². The van der Waals surface area contributed by atoms with Gasteiger partial charge >= 0.3 is 0 Å². The van der Waals surface area contributed by atoms with Crippen LogP contribution in [0.1, 0.15) is 143 Å². The van der Waals surface area contributed by atoms with Gasteiger partial charge in [-0.1, -0.05) is 45.2 Å². The van der Waals surface area contributed by atoms with Gasteiger partial charge in [-0.15, -0.1) is 0 Å². The number of nitrogens with zero attached hydrogens (tertiary/aromatic N) is 4. The molecule has 1 aromatic heterocycles. The summed E-state index contributed by atoms with van der Waals surface area (Å²) in [5.74, 6) is 3.39. The minimum Gasteiger partial charge on any atom is -0.385 e. The summed E-state index contributed by atoms with van der Waals surface area (Å²) in [6.07, 6.45) is 18.4. The Bertz CT molecular complexity index is 1990. The van der Waals surface area contributed by atoms with Crippen molar-refractivity contribution in [1.82, 2.24) is 14.8 Å². The van der Waals surface area contributed by atoms with Crippen molar-refractivity contribution >= 4 is 28.7 Å². The number of halogens is 1. The molecule has 3 aromatic rings. The number of Topliss-reactive ketones (excluding diaryl/α,β-unsaturated/α-hetero) is 2. The van der Waals surface area contributed by atoms with Crippen LogP contribution in [0.25, 0.3) is 0 Å². The quantitative estimate of drug-likeness (QED) is 0.177. The van der Waals surface area contributed by atoms with Crippen molar-refractivity contribution in [1.29, 1.82) is 0 Å². The highest BCUT2D eigenvalue weighted by atomic mass is 19.1. The zero-order chi connectivity index (χ0) is 38.6. The third-order valence-corrected chi connectivity index (χ3v) is 15.7. The van der Waals surface area contributed by atoms with Crippen LogP contribution in [0.15, 0.2) is 47.7 Å². The Hall–Kier alpha value is -3.92. The molecule has 0 bridgehead atoms. The van der Waals surface area contributed by atoms with Crippen LogP contribution in [0.4, 0.5) is 15.8 Å². The lowest BCUT2D eigenvalue weighted by molar-refractivity contribution is -0.145. The number of ketones is 2. The van der Waals surface area contributed by atoms with E-state index in [4.69, 9.17) is 9.73 Å². The van der Waals surface area contributed by atoms with Gasteiger partial charge < -0.3 is 15.4 Å². The molecular formula is C46H59FN6O3. The van der Waals surface area contributed by atoms with E-state index in [0.29, 0.717) is 45.4 Å². The van der Waals surface area contributed by atoms with Crippen molar-refractivity contribution < 1.29 is 18.7 Å². The van der Waals surface area contributed by atoms with Crippen molar-refractivity contribution in [3.63, 3.8) is 0 Å². The number of ether oxygens (including phenoxy) is 1. The molecule has 0 saturated heterocycles. The minimum absolute atomic E-state index is 0.00344. The van der Waals surface area contributed by atoms with Gasteiger partial charge in [0, 0.05) is 55.5 Å². The number of aryl methyl sites for hydroxylation is 1. The van der Waals surface area contributed by atoms with Gasteiger partial charge in [0.2, 0.25) is 0 Å². The van der Waals surface area contributed by atoms with Gasteiger partial charge in [-0.05, 0) is 122 Å². The number of hydrogen-bond donors (Lipinski definition) is 2. The van der Waals surface area contributed by atoms with E-state index in [1.54, 1.807) is 4.68 Å². The molecule has 10 heteroatoms. The van der Waals surface area contributed by atoms with Gasteiger partial charge in [-0.2, -0.15) is 5.10 Å². The molecule has 298 valence electrons. The number of unbranched alkanes of at least 4 members (excludes halogenated alkanes) is 4. The Morgan fingerprint density at radius 1 is 0.946 bits per heavy atom. The Balaban J connectivity index is 0.726. The molecule has 56 heavy (non-hydrogen) atoms. The summed E-state index contributed by atoms with van der Waals surface area (Å²) < 4.78 is 23.1. The number of carbonyl (C=O) groups is 2. The highest BCUT2D eigenvalue weighted by Crippen LogP contribution is 2.66. The highest BCUT2D eigenvalue weighted by Gasteiger charge is 2.60. The maximum Gasteiger partial charge on any atom is 0.185 e. The molecule has 4 fully saturated rings. The fourth-order valence-electron chi connectivity index (χ4n) is 12.6. The van der Waals surface area contributed by atoms with E-state index in [1.807, 2.05) is 7.05 Å². The Morgan fingerprint density at radius 2 is 1.75 bits per heavy atom. The monoisotopic (exact) mass is 762 g/mol. The first-order valence-electron chi connectivity index (χ1n) is 21.6. The molecule has 2 aliphatic heterocycles. The fraction of sp³-hybridized carbons (Fsp3) is 0.630. The first-order chi connectivity index (χ1) is 27.1. The van der Waals surface area contributed by atoms with Crippen molar-refractivity contribution in [3.05, 3.63) is 71.1 Å². The Morgan fingerprint density at radius 3 is 2.57 bits per heavy atom. The molecule has 1 unspecified atom stereocenters. The predicted octanol–water partition coefficient (Wildman–Crippen LogP) is 9.25. The lowest BCUT2D eigenvalue weighted by atomic mass is 9.45. The van der Waals surface area contributed by atoms with Crippen LogP contribution in [0, 0.1) is 40.3 Å². The summed E-state index contributed by atoms with van der Waals surface area (Å²) in [7, 11) is 1.86. The van der Waals surface area contributed by atoms with Crippen LogP contribution in [0.5, 0.6) is 0 Å². The summed E-state index contributed by atoms with van der Waals surface area (Å²) in [5, 5.41) is 11.5. The number of benzene rings is 2. The van der Waals surface area contributed by atoms with E-state index in [2.05, 4.69) is 58.8 Å². The van der Waals surface area contributed by atoms with Crippen LogP contribution in [-0.4, -0.2) is 57.8 Å². The van der Waals surface area contributed by atoms with Gasteiger partial charge in [-0.3, -0.25) is 19.3 Å². The number of carbonyl (C=O) groups excluding carboxylic acids is 2. The molecular weight excluding hydrogens is 704 g/mol. The number of nitrogens with one attached hydrogen (secondary N) is 2. The van der Waals surface area contributed by atoms with Gasteiger partial charge in [-0.25, -0.2) is 9.37 Å². The Kier molecular flexibility index (Phi) is 10.2. The average Bonchev–Trinajstić information content (AvgIpc) is 3.77. The number of aromatic nitrogens is 3. The first kappa shape index (κ1) is 37.6. The molecule has 2 N–H and O–H groups in total. The lowest BCUT2D eigenvalue weighted by Gasteiger charge is -2.60. The minimum atomic E-state index is -0.439. The topological polar surface area (TPSA) is 110 Å². The molecule has 0 amide bonds. The van der Waals surface area contributed by atoms with Crippen molar-refractivity contribution in [2.45, 2.75) is 122 Å². The molecule has 0 radical (unpaired) electrons. The van der Waals surface area contributed by atoms with Gasteiger partial charge in [0.1, 0.15) is 30.3 Å². The maximum absolute atomic E-state index is 14.7. The van der Waals surface area contributed by atoms with Gasteiger partial charge in [0.25, 0.3) is 0 Å². The average molecular weight is 763 g/mol. The van der Waals surface area contributed by atoms with Crippen LogP contribution >= 0.6 is 0 Å². The smallest absolute Gasteiger partial charge is 0.185 e. The summed E-state index contributed by atoms with van der Waals surface area (Å²) >= 11 is 0. The number of fused-ring (bicyclic) bond motifs is 5. The second-order valence-electron chi connectivity index (χ2n) is 18.5. The van der Waals surface area contributed by atoms with Crippen molar-refractivity contribution in [3.8, 4) is 0 Å². The second-order valence-corrected chi connectivity index (χ2v) is 18.5. The molecule has 9 rings (SSSR count). The van der Waals surface area contributed by atoms with E-state index >= 15 is 0 Å². The number of aliphatic imine (C=N–C) groups is 1. The third-order valence-electron chi connectivity index (χ3n) is 15.7. The Labute approximate surface area is 331 Å². The zero-order valence-electron chi connectivity index (χ0n) is 33.5. The molecule has 3 heterocycles. The maximum atomic E-state index is 14.7. The number of rotatable bonds is 12. The van der Waals surface area contributed by atoms with Crippen LogP contribution in [0.3, 0.4) is 0 Å². The molecule has 4 aliphatic carbocycles. The summed E-state index contributed by atoms with van der Waals surface area (Å²) in [6.45, 7) is 6.90. The summed E-state index contributed by atoms with van der Waals surface area (Å²) in [5.41, 5.74) is 5.17. The normalized spacial score (nSPS) is 33.1. The van der Waals surface area contributed by atoms with Crippen LogP contribution in [0.2, 0.25) is 0 Å². The van der Waals surface area contributed by atoms with E-state index in [-0.39, 0.29) is 24.3 Å². The van der Waals surface area contributed by atoms with E-state index in [0.717, 1.165) is 85.8 Å². The molecule has 9 nitrogen and oxygen atoms in total. The number of anilines is 2. The molecule has 2 aromatic carbocycles. The molecule has 4 saturated carbocycles. The fourth-order valence-corrected chi connectivity index (χ4v) is 12.6. The van der Waals surface area contributed by atoms with E-state index < -0.39 is 5.82 Å². The van der Waals surface area contributed by atoms with Crippen molar-refractivity contribution in [2.24, 2.45) is 46.5 Å². The highest BCUT2D eigenvalue weighted by molar-refractivity contribution is 6.21. The van der Waals surface area contributed by atoms with Crippen LogP contribution < -0.4 is 10.6 Å². The van der Waals surface area contributed by atoms with E-state index in [9.17, 15) is 14.0 Å². The van der Waals surface area contributed by atoms with Crippen LogP contribution in [-0.2, 0) is 16.6 Å². The van der Waals surface area contributed by atoms with E-state index in [1.165, 1.54) is 76.2 Å². The standard InChI is InChI=1S/C46H59FN6O3/c1-45-19-17-32(54)23-29(45)11-14-33-35-15-16-39(46(35,2)20-18-36(33)45)56-22-8-6-4-5-7-21-48-31-12-9-28(10-13-31)42-41(44-50-27-51-53(44)3)43-40-34(38(55)26-49-43)24-30(47)25-37(40)52-42/h9-10,12-13,24-25,27,29,33,35-36,39,41-42,48,52H,4-8,11,14-23,26H2,1-3H3/t29-,33-,35-,36-,39?,41+,42+,45-,46-/m0/s1.